The molecule has 1 rings (SSSR count). The van der Waals surface area contributed by atoms with Crippen LogP contribution in [-0.4, -0.2) is 27.2 Å². The predicted molar refractivity (Wildman–Crippen MR) is 83.2 cm³/mol. The van der Waals surface area contributed by atoms with Crippen LogP contribution in [0.15, 0.2) is 12.1 Å². The number of hydrogen-bond donors (Lipinski definition) is 1. The van der Waals surface area contributed by atoms with Gasteiger partial charge in [0.1, 0.15) is 5.75 Å². The molecular weight excluding hydrogens is 236 g/mol. The molecule has 2 N–H and O–H groups in total. The topological polar surface area (TPSA) is 38.5 Å². The summed E-state index contributed by atoms with van der Waals surface area (Å²) in [6, 6.07) is 4.18. The maximum atomic E-state index is 5.69. The van der Waals surface area contributed by atoms with E-state index in [1.807, 2.05) is 6.07 Å². The molecule has 0 aromatic heterocycles. The molecule has 0 bridgehead atoms. The number of anilines is 1. The van der Waals surface area contributed by atoms with Crippen LogP contribution in [0.2, 0.25) is 0 Å². The van der Waals surface area contributed by atoms with Crippen LogP contribution in [0, 0.1) is 19.3 Å². The summed E-state index contributed by atoms with van der Waals surface area (Å²) in [6.45, 7) is 10.5. The van der Waals surface area contributed by atoms with Crippen LogP contribution in [-0.2, 0) is 0 Å². The second-order valence-electron chi connectivity index (χ2n) is 6.10. The van der Waals surface area contributed by atoms with E-state index in [9.17, 15) is 0 Å². The SMILES string of the molecule is COc1ccc(N(C)CC(C)(C)CCN)c(C)c1C. The lowest BCUT2D eigenvalue weighted by Crippen LogP contribution is -2.33. The summed E-state index contributed by atoms with van der Waals surface area (Å²) < 4.78 is 5.36. The molecule has 0 fully saturated rings. The van der Waals surface area contributed by atoms with Crippen LogP contribution in [0.5, 0.6) is 5.75 Å². The molecule has 0 heterocycles. The lowest BCUT2D eigenvalue weighted by molar-refractivity contribution is 0.347. The van der Waals surface area contributed by atoms with E-state index >= 15 is 0 Å². The van der Waals surface area contributed by atoms with Gasteiger partial charge in [-0.05, 0) is 55.5 Å². The van der Waals surface area contributed by atoms with Crippen molar-refractivity contribution in [3.63, 3.8) is 0 Å². The number of benzene rings is 1. The Morgan fingerprint density at radius 3 is 2.37 bits per heavy atom. The number of nitrogens with two attached hydrogens (primary N) is 1. The molecular formula is C16H28N2O. The van der Waals surface area contributed by atoms with Crippen molar-refractivity contribution in [2.24, 2.45) is 11.1 Å². The lowest BCUT2D eigenvalue weighted by Gasteiger charge is -2.32. The normalized spacial score (nSPS) is 11.5. The molecule has 19 heavy (non-hydrogen) atoms. The van der Waals surface area contributed by atoms with E-state index in [4.69, 9.17) is 10.5 Å². The Bertz CT molecular complexity index is 427. The quantitative estimate of drug-likeness (QED) is 0.858. The molecule has 0 radical (unpaired) electrons. The molecule has 0 aliphatic rings. The van der Waals surface area contributed by atoms with Crippen molar-refractivity contribution in [2.45, 2.75) is 34.1 Å². The van der Waals surface area contributed by atoms with Crippen LogP contribution >= 0.6 is 0 Å². The van der Waals surface area contributed by atoms with E-state index in [-0.39, 0.29) is 5.41 Å². The predicted octanol–water partition coefficient (Wildman–Crippen LogP) is 3.12. The Hall–Kier alpha value is -1.22. The van der Waals surface area contributed by atoms with Crippen molar-refractivity contribution in [1.29, 1.82) is 0 Å². The number of rotatable bonds is 6. The molecule has 3 nitrogen and oxygen atoms in total. The second kappa shape index (κ2) is 6.29. The summed E-state index contributed by atoms with van der Waals surface area (Å²) in [6.07, 6.45) is 1.03. The molecule has 1 aromatic rings. The third-order valence-electron chi connectivity index (χ3n) is 3.83. The Kier molecular flexibility index (Phi) is 5.24. The minimum Gasteiger partial charge on any atom is -0.496 e. The van der Waals surface area contributed by atoms with E-state index in [1.54, 1.807) is 7.11 Å². The maximum Gasteiger partial charge on any atom is 0.122 e. The molecule has 0 unspecified atom stereocenters. The second-order valence-corrected chi connectivity index (χ2v) is 6.10. The Morgan fingerprint density at radius 1 is 1.21 bits per heavy atom. The summed E-state index contributed by atoms with van der Waals surface area (Å²) in [5.74, 6) is 0.955. The first-order valence-corrected chi connectivity index (χ1v) is 6.88. The summed E-state index contributed by atoms with van der Waals surface area (Å²) in [5.41, 5.74) is 9.67. The number of methoxy groups -OCH3 is 1. The van der Waals surface area contributed by atoms with Crippen molar-refractivity contribution < 1.29 is 4.74 Å². The molecule has 1 aromatic carbocycles. The maximum absolute atomic E-state index is 5.69. The summed E-state index contributed by atoms with van der Waals surface area (Å²) in [7, 11) is 3.86. The fourth-order valence-corrected chi connectivity index (χ4v) is 2.61. The number of ether oxygens (including phenoxy) is 1. The highest BCUT2D eigenvalue weighted by molar-refractivity contribution is 5.59. The number of nitrogens with zero attached hydrogens (tertiary/aromatic N) is 1. The van der Waals surface area contributed by atoms with Gasteiger partial charge >= 0.3 is 0 Å². The summed E-state index contributed by atoms with van der Waals surface area (Å²) in [4.78, 5) is 2.32. The molecule has 108 valence electrons. The monoisotopic (exact) mass is 264 g/mol. The molecule has 0 amide bonds. The van der Waals surface area contributed by atoms with Crippen molar-refractivity contribution in [1.82, 2.24) is 0 Å². The summed E-state index contributed by atoms with van der Waals surface area (Å²) >= 11 is 0. The lowest BCUT2D eigenvalue weighted by atomic mass is 9.88. The van der Waals surface area contributed by atoms with Gasteiger partial charge in [-0.1, -0.05) is 13.8 Å². The van der Waals surface area contributed by atoms with Gasteiger partial charge in [0.15, 0.2) is 0 Å². The van der Waals surface area contributed by atoms with E-state index in [2.05, 4.69) is 45.7 Å². The third kappa shape index (κ3) is 3.87. The largest absolute Gasteiger partial charge is 0.496 e. The minimum atomic E-state index is 0.226. The van der Waals surface area contributed by atoms with Crippen LogP contribution in [0.4, 0.5) is 5.69 Å². The van der Waals surface area contributed by atoms with Crippen molar-refractivity contribution in [3.8, 4) is 5.75 Å². The van der Waals surface area contributed by atoms with E-state index in [0.717, 1.165) is 25.3 Å². The highest BCUT2D eigenvalue weighted by atomic mass is 16.5. The summed E-state index contributed by atoms with van der Waals surface area (Å²) in [5, 5.41) is 0. The molecule has 0 saturated heterocycles. The Balaban J connectivity index is 2.95. The zero-order valence-electron chi connectivity index (χ0n) is 13.2. The van der Waals surface area contributed by atoms with E-state index in [1.165, 1.54) is 16.8 Å². The van der Waals surface area contributed by atoms with Gasteiger partial charge in [0.25, 0.3) is 0 Å². The van der Waals surface area contributed by atoms with Crippen molar-refractivity contribution in [3.05, 3.63) is 23.3 Å². The molecule has 0 aliphatic carbocycles. The smallest absolute Gasteiger partial charge is 0.122 e. The van der Waals surface area contributed by atoms with Crippen molar-refractivity contribution >= 4 is 5.69 Å². The van der Waals surface area contributed by atoms with Gasteiger partial charge in [0.05, 0.1) is 7.11 Å². The molecule has 0 aliphatic heterocycles. The average molecular weight is 264 g/mol. The molecule has 0 spiro atoms. The molecule has 0 saturated carbocycles. The van der Waals surface area contributed by atoms with Gasteiger partial charge in [-0.3, -0.25) is 0 Å². The molecule has 0 atom stereocenters. The first kappa shape index (κ1) is 15.8. The van der Waals surface area contributed by atoms with E-state index in [0.29, 0.717) is 0 Å². The van der Waals surface area contributed by atoms with Crippen LogP contribution < -0.4 is 15.4 Å². The highest BCUT2D eigenvalue weighted by Crippen LogP contribution is 2.31. The zero-order chi connectivity index (χ0) is 14.6. The third-order valence-corrected chi connectivity index (χ3v) is 3.83. The van der Waals surface area contributed by atoms with Gasteiger partial charge in [-0.25, -0.2) is 0 Å². The van der Waals surface area contributed by atoms with Gasteiger partial charge in [0.2, 0.25) is 0 Å². The van der Waals surface area contributed by atoms with Gasteiger partial charge in [-0.15, -0.1) is 0 Å². The van der Waals surface area contributed by atoms with Crippen LogP contribution in [0.1, 0.15) is 31.4 Å². The van der Waals surface area contributed by atoms with Crippen LogP contribution in [0.25, 0.3) is 0 Å². The fraction of sp³-hybridized carbons (Fsp3) is 0.625. The first-order chi connectivity index (χ1) is 8.82. The average Bonchev–Trinajstić information content (AvgIpc) is 2.31. The van der Waals surface area contributed by atoms with Gasteiger partial charge < -0.3 is 15.4 Å². The van der Waals surface area contributed by atoms with Crippen molar-refractivity contribution in [2.75, 3.05) is 32.1 Å². The molecule has 3 heteroatoms. The highest BCUT2D eigenvalue weighted by Gasteiger charge is 2.20. The fourth-order valence-electron chi connectivity index (χ4n) is 2.61. The first-order valence-electron chi connectivity index (χ1n) is 6.88. The number of hydrogen-bond acceptors (Lipinski definition) is 3. The van der Waals surface area contributed by atoms with E-state index < -0.39 is 0 Å². The Morgan fingerprint density at radius 2 is 1.84 bits per heavy atom. The minimum absolute atomic E-state index is 0.226. The van der Waals surface area contributed by atoms with Gasteiger partial charge in [0, 0.05) is 19.3 Å². The van der Waals surface area contributed by atoms with Crippen LogP contribution in [0.3, 0.4) is 0 Å². The Labute approximate surface area is 117 Å². The van der Waals surface area contributed by atoms with Gasteiger partial charge in [-0.2, -0.15) is 0 Å². The standard InChI is InChI=1S/C16H28N2O/c1-12-13(2)15(19-6)8-7-14(12)18(5)11-16(3,4)9-10-17/h7-8H,9-11,17H2,1-6H3. The zero-order valence-corrected chi connectivity index (χ0v) is 13.2.